The summed E-state index contributed by atoms with van der Waals surface area (Å²) in [4.78, 5) is 27.0. The normalized spacial score (nSPS) is 19.4. The van der Waals surface area contributed by atoms with Gasteiger partial charge in [0.1, 0.15) is 6.54 Å². The van der Waals surface area contributed by atoms with Crippen LogP contribution in [0.15, 0.2) is 62.6 Å². The molecule has 9 heteroatoms. The van der Waals surface area contributed by atoms with E-state index in [1.165, 1.54) is 22.8 Å². The fourth-order valence-electron chi connectivity index (χ4n) is 4.32. The Balaban J connectivity index is 1.53. The van der Waals surface area contributed by atoms with Crippen molar-refractivity contribution < 1.29 is 17.6 Å². The Bertz CT molecular complexity index is 1270. The van der Waals surface area contributed by atoms with Crippen LogP contribution in [0.25, 0.3) is 11.1 Å². The molecule has 8 nitrogen and oxygen atoms in total. The second-order valence-corrected chi connectivity index (χ2v) is 10.4. The van der Waals surface area contributed by atoms with E-state index < -0.39 is 15.8 Å². The van der Waals surface area contributed by atoms with Gasteiger partial charge >= 0.3 is 5.76 Å². The number of carbonyl (C=O) groups excluding carboxylic acids is 1. The SMILES string of the molecule is CC1CC(C)CN(C(=O)Cn2c(=O)oc3cc(S(=O)(=O)NCc4ccccc4)ccc32)C1. The molecule has 1 aromatic heterocycles. The number of benzene rings is 2. The van der Waals surface area contributed by atoms with E-state index in [0.717, 1.165) is 12.0 Å². The topological polar surface area (TPSA) is 102 Å². The lowest BCUT2D eigenvalue weighted by molar-refractivity contribution is -0.134. The largest absolute Gasteiger partial charge is 0.420 e. The molecule has 0 bridgehead atoms. The summed E-state index contributed by atoms with van der Waals surface area (Å²) < 4.78 is 34.5. The molecule has 0 saturated carbocycles. The zero-order valence-corrected chi connectivity index (χ0v) is 19.0. The number of fused-ring (bicyclic) bond motifs is 1. The highest BCUT2D eigenvalue weighted by Crippen LogP contribution is 2.22. The molecule has 4 rings (SSSR count). The molecule has 1 aliphatic heterocycles. The zero-order chi connectivity index (χ0) is 22.9. The molecule has 0 radical (unpaired) electrons. The molecule has 2 unspecified atom stereocenters. The zero-order valence-electron chi connectivity index (χ0n) is 18.2. The minimum Gasteiger partial charge on any atom is -0.408 e. The summed E-state index contributed by atoms with van der Waals surface area (Å²) >= 11 is 0. The average molecular weight is 458 g/mol. The van der Waals surface area contributed by atoms with Crippen LogP contribution in [0.4, 0.5) is 0 Å². The number of piperidine rings is 1. The molecule has 2 aromatic carbocycles. The first-order valence-corrected chi connectivity index (χ1v) is 12.2. The maximum atomic E-state index is 12.8. The van der Waals surface area contributed by atoms with Crippen LogP contribution in [-0.4, -0.2) is 36.9 Å². The van der Waals surface area contributed by atoms with Crippen LogP contribution in [0.1, 0.15) is 25.8 Å². The molecule has 1 N–H and O–H groups in total. The number of aromatic nitrogens is 1. The summed E-state index contributed by atoms with van der Waals surface area (Å²) in [6.07, 6.45) is 1.08. The highest BCUT2D eigenvalue weighted by molar-refractivity contribution is 7.89. The summed E-state index contributed by atoms with van der Waals surface area (Å²) in [5.41, 5.74) is 1.35. The van der Waals surface area contributed by atoms with Crippen molar-refractivity contribution >= 4 is 27.0 Å². The van der Waals surface area contributed by atoms with Gasteiger partial charge in [0, 0.05) is 25.7 Å². The van der Waals surface area contributed by atoms with Crippen molar-refractivity contribution in [3.8, 4) is 0 Å². The number of hydrogen-bond donors (Lipinski definition) is 1. The van der Waals surface area contributed by atoms with Gasteiger partial charge in [-0.05, 0) is 36.0 Å². The Morgan fingerprint density at radius 1 is 1.09 bits per heavy atom. The Kier molecular flexibility index (Phi) is 6.21. The van der Waals surface area contributed by atoms with Crippen molar-refractivity contribution in [2.24, 2.45) is 11.8 Å². The highest BCUT2D eigenvalue weighted by atomic mass is 32.2. The molecule has 3 aromatic rings. The van der Waals surface area contributed by atoms with Crippen LogP contribution in [0, 0.1) is 11.8 Å². The molecule has 32 heavy (non-hydrogen) atoms. The first kappa shape index (κ1) is 22.3. The number of carbonyl (C=O) groups is 1. The molecule has 0 aliphatic carbocycles. The molecule has 1 fully saturated rings. The van der Waals surface area contributed by atoms with Crippen molar-refractivity contribution in [1.82, 2.24) is 14.2 Å². The van der Waals surface area contributed by atoms with Crippen molar-refractivity contribution in [3.05, 3.63) is 64.6 Å². The van der Waals surface area contributed by atoms with E-state index in [2.05, 4.69) is 18.6 Å². The van der Waals surface area contributed by atoms with Gasteiger partial charge < -0.3 is 9.32 Å². The van der Waals surface area contributed by atoms with E-state index >= 15 is 0 Å². The minimum atomic E-state index is -3.80. The van der Waals surface area contributed by atoms with Crippen molar-refractivity contribution in [3.63, 3.8) is 0 Å². The minimum absolute atomic E-state index is 0.00756. The number of hydrogen-bond acceptors (Lipinski definition) is 5. The third kappa shape index (κ3) is 4.78. The second kappa shape index (κ2) is 8.91. The van der Waals surface area contributed by atoms with Crippen molar-refractivity contribution in [2.75, 3.05) is 13.1 Å². The van der Waals surface area contributed by atoms with Gasteiger partial charge in [-0.3, -0.25) is 9.36 Å². The van der Waals surface area contributed by atoms with Crippen LogP contribution in [-0.2, 0) is 27.9 Å². The molecule has 1 saturated heterocycles. The van der Waals surface area contributed by atoms with Crippen LogP contribution >= 0.6 is 0 Å². The quantitative estimate of drug-likeness (QED) is 0.613. The third-order valence-corrected chi connectivity index (χ3v) is 7.17. The Hall–Kier alpha value is -2.91. The van der Waals surface area contributed by atoms with Gasteiger partial charge in [-0.15, -0.1) is 0 Å². The van der Waals surface area contributed by atoms with Crippen LogP contribution in [0.5, 0.6) is 0 Å². The smallest absolute Gasteiger partial charge is 0.408 e. The molecular weight excluding hydrogens is 430 g/mol. The van der Waals surface area contributed by atoms with Crippen molar-refractivity contribution in [2.45, 2.75) is 38.3 Å². The first-order valence-electron chi connectivity index (χ1n) is 10.7. The van der Waals surface area contributed by atoms with Crippen molar-refractivity contribution in [1.29, 1.82) is 0 Å². The molecule has 1 aliphatic rings. The predicted octanol–water partition coefficient (Wildman–Crippen LogP) is 2.58. The fraction of sp³-hybridized carbons (Fsp3) is 0.391. The second-order valence-electron chi connectivity index (χ2n) is 8.64. The lowest BCUT2D eigenvalue weighted by Gasteiger charge is -2.35. The lowest BCUT2D eigenvalue weighted by Crippen LogP contribution is -2.44. The summed E-state index contributed by atoms with van der Waals surface area (Å²) in [5.74, 6) is 0.000934. The number of sulfonamides is 1. The maximum Gasteiger partial charge on any atom is 0.420 e. The van der Waals surface area contributed by atoms with Crippen LogP contribution in [0.3, 0.4) is 0 Å². The lowest BCUT2D eigenvalue weighted by atomic mass is 9.92. The molecule has 0 spiro atoms. The Morgan fingerprint density at radius 2 is 1.78 bits per heavy atom. The first-order chi connectivity index (χ1) is 15.2. The van der Waals surface area contributed by atoms with Gasteiger partial charge in [-0.2, -0.15) is 0 Å². The van der Waals surface area contributed by atoms with Gasteiger partial charge in [0.25, 0.3) is 0 Å². The van der Waals surface area contributed by atoms with E-state index in [4.69, 9.17) is 4.42 Å². The van der Waals surface area contributed by atoms with Crippen LogP contribution < -0.4 is 10.5 Å². The Morgan fingerprint density at radius 3 is 2.47 bits per heavy atom. The van der Waals surface area contributed by atoms with E-state index in [1.54, 1.807) is 4.90 Å². The standard InChI is InChI=1S/C23H27N3O5S/c1-16-10-17(2)14-25(13-16)22(27)15-26-20-9-8-19(11-21(20)31-23(26)28)32(29,30)24-12-18-6-4-3-5-7-18/h3-9,11,16-17,24H,10,12-15H2,1-2H3. The molecule has 170 valence electrons. The van der Waals surface area contributed by atoms with Crippen LogP contribution in [0.2, 0.25) is 0 Å². The number of nitrogens with one attached hydrogen (secondary N) is 1. The third-order valence-electron chi connectivity index (χ3n) is 5.77. The number of oxazole rings is 1. The van der Waals surface area contributed by atoms with Gasteiger partial charge in [0.2, 0.25) is 15.9 Å². The number of nitrogens with zero attached hydrogens (tertiary/aromatic N) is 2. The van der Waals surface area contributed by atoms with Gasteiger partial charge in [0.05, 0.1) is 10.4 Å². The summed E-state index contributed by atoms with van der Waals surface area (Å²) in [5, 5.41) is 0. The molecule has 1 amide bonds. The fourth-order valence-corrected chi connectivity index (χ4v) is 5.36. The van der Waals surface area contributed by atoms with E-state index in [9.17, 15) is 18.0 Å². The maximum absolute atomic E-state index is 12.8. The van der Waals surface area contributed by atoms with E-state index in [0.29, 0.717) is 30.4 Å². The van der Waals surface area contributed by atoms with Gasteiger partial charge in [-0.25, -0.2) is 17.9 Å². The summed E-state index contributed by atoms with van der Waals surface area (Å²) in [6, 6.07) is 13.4. The number of likely N-dealkylation sites (tertiary alicyclic amines) is 1. The average Bonchev–Trinajstić information content (AvgIpc) is 3.06. The van der Waals surface area contributed by atoms with E-state index in [-0.39, 0.29) is 29.5 Å². The summed E-state index contributed by atoms with van der Waals surface area (Å²) in [7, 11) is -3.80. The molecular formula is C23H27N3O5S. The highest BCUT2D eigenvalue weighted by Gasteiger charge is 2.26. The van der Waals surface area contributed by atoms with E-state index in [1.807, 2.05) is 30.3 Å². The Labute approximate surface area is 186 Å². The summed E-state index contributed by atoms with van der Waals surface area (Å²) in [6.45, 7) is 5.58. The van der Waals surface area contributed by atoms with Gasteiger partial charge in [0.15, 0.2) is 5.58 Å². The molecule has 2 atom stereocenters. The monoisotopic (exact) mass is 457 g/mol. The molecule has 2 heterocycles. The predicted molar refractivity (Wildman–Crippen MR) is 120 cm³/mol. The van der Waals surface area contributed by atoms with Gasteiger partial charge in [-0.1, -0.05) is 44.2 Å². The number of rotatable bonds is 6. The number of amides is 1.